The van der Waals surface area contributed by atoms with Crippen LogP contribution in [0, 0.1) is 5.92 Å². The molecule has 0 saturated carbocycles. The number of primary amides is 1. The number of nitrogens with zero attached hydrogens (tertiary/aromatic N) is 1. The molecule has 0 aliphatic heterocycles. The molecule has 1 aromatic heterocycles. The van der Waals surface area contributed by atoms with Gasteiger partial charge >= 0.3 is 6.18 Å². The molecule has 1 heterocycles. The molecule has 1 aliphatic rings. The van der Waals surface area contributed by atoms with Gasteiger partial charge in [-0.05, 0) is 36.8 Å². The minimum Gasteiger partial charge on any atom is -0.366 e. The Labute approximate surface area is 150 Å². The van der Waals surface area contributed by atoms with Crippen LogP contribution >= 0.6 is 0 Å². The number of benzene rings is 1. The van der Waals surface area contributed by atoms with Gasteiger partial charge in [-0.25, -0.2) is 0 Å². The smallest absolute Gasteiger partial charge is 0.366 e. The van der Waals surface area contributed by atoms with Crippen molar-refractivity contribution in [3.05, 3.63) is 47.2 Å². The first-order valence-electron chi connectivity index (χ1n) is 8.68. The van der Waals surface area contributed by atoms with Crippen LogP contribution in [0.25, 0.3) is 16.5 Å². The minimum absolute atomic E-state index is 0.00454. The lowest BCUT2D eigenvalue weighted by Crippen LogP contribution is -2.24. The summed E-state index contributed by atoms with van der Waals surface area (Å²) in [6.45, 7) is 3.86. The Morgan fingerprint density at radius 3 is 2.58 bits per heavy atom. The van der Waals surface area contributed by atoms with Crippen molar-refractivity contribution in [2.45, 2.75) is 45.2 Å². The molecule has 0 bridgehead atoms. The number of para-hydroxylation sites is 1. The zero-order chi connectivity index (χ0) is 19.1. The second-order valence-corrected chi connectivity index (χ2v) is 7.06. The Hall–Kier alpha value is -2.37. The summed E-state index contributed by atoms with van der Waals surface area (Å²) in [7, 11) is 0. The van der Waals surface area contributed by atoms with Gasteiger partial charge < -0.3 is 5.73 Å². The van der Waals surface area contributed by atoms with Crippen molar-refractivity contribution in [1.29, 1.82) is 0 Å². The molecule has 138 valence electrons. The van der Waals surface area contributed by atoms with Gasteiger partial charge in [-0.15, -0.1) is 0 Å². The molecule has 2 N–H and O–H groups in total. The van der Waals surface area contributed by atoms with Crippen molar-refractivity contribution in [2.75, 3.05) is 0 Å². The van der Waals surface area contributed by atoms with E-state index in [4.69, 9.17) is 5.73 Å². The third kappa shape index (κ3) is 3.45. The van der Waals surface area contributed by atoms with Gasteiger partial charge in [0.1, 0.15) is 0 Å². The molecule has 1 atom stereocenters. The summed E-state index contributed by atoms with van der Waals surface area (Å²) in [6.07, 6.45) is -2.04. The molecule has 0 fully saturated rings. The van der Waals surface area contributed by atoms with E-state index < -0.39 is 18.0 Å². The lowest BCUT2D eigenvalue weighted by Gasteiger charge is -2.24. The van der Waals surface area contributed by atoms with Crippen LogP contribution in [0.5, 0.6) is 0 Å². The van der Waals surface area contributed by atoms with Crippen molar-refractivity contribution in [3.8, 4) is 0 Å². The second kappa shape index (κ2) is 6.74. The fourth-order valence-corrected chi connectivity index (χ4v) is 3.49. The number of aromatic nitrogens is 1. The van der Waals surface area contributed by atoms with Gasteiger partial charge in [-0.2, -0.15) is 13.2 Å². The Kier molecular flexibility index (Phi) is 4.78. The highest BCUT2D eigenvalue weighted by molar-refractivity contribution is 6.00. The van der Waals surface area contributed by atoms with Crippen molar-refractivity contribution < 1.29 is 18.0 Å². The molecular formula is C20H21F3N2O. The van der Waals surface area contributed by atoms with Crippen LogP contribution in [-0.4, -0.2) is 17.1 Å². The molecule has 0 saturated heterocycles. The first-order chi connectivity index (χ1) is 12.2. The highest BCUT2D eigenvalue weighted by Gasteiger charge is 2.39. The first-order valence-corrected chi connectivity index (χ1v) is 8.68. The van der Waals surface area contributed by atoms with Crippen LogP contribution < -0.4 is 5.73 Å². The van der Waals surface area contributed by atoms with E-state index in [1.807, 2.05) is 32.0 Å². The topological polar surface area (TPSA) is 56.0 Å². The maximum atomic E-state index is 12.9. The Morgan fingerprint density at radius 2 is 2.04 bits per heavy atom. The quantitative estimate of drug-likeness (QED) is 0.815. The van der Waals surface area contributed by atoms with Crippen LogP contribution in [0.15, 0.2) is 30.3 Å². The number of alkyl halides is 3. The number of rotatable bonds is 3. The summed E-state index contributed by atoms with van der Waals surface area (Å²) in [4.78, 5) is 16.4. The van der Waals surface area contributed by atoms with Gasteiger partial charge in [0.05, 0.1) is 22.7 Å². The molecule has 0 spiro atoms. The van der Waals surface area contributed by atoms with Crippen LogP contribution in [0.1, 0.15) is 60.6 Å². The molecule has 1 aliphatic carbocycles. The number of carbonyl (C=O) groups excluding carboxylic acids is 1. The number of hydrogen-bond acceptors (Lipinski definition) is 2. The first kappa shape index (κ1) is 18.4. The van der Waals surface area contributed by atoms with Crippen LogP contribution in [0.3, 0.4) is 0 Å². The number of halogens is 3. The van der Waals surface area contributed by atoms with Gasteiger partial charge in [-0.1, -0.05) is 38.1 Å². The average Bonchev–Trinajstić information content (AvgIpc) is 2.59. The molecular weight excluding hydrogens is 341 g/mol. The normalized spacial score (nSPS) is 18.2. The average molecular weight is 362 g/mol. The summed E-state index contributed by atoms with van der Waals surface area (Å²) in [5.41, 5.74) is 8.91. The Bertz CT molecular complexity index is 884. The van der Waals surface area contributed by atoms with Gasteiger partial charge in [0.15, 0.2) is 0 Å². The molecule has 3 nitrogen and oxygen atoms in total. The third-order valence-corrected chi connectivity index (χ3v) is 4.91. The monoisotopic (exact) mass is 362 g/mol. The molecule has 3 rings (SSSR count). The molecule has 26 heavy (non-hydrogen) atoms. The number of carbonyl (C=O) groups is 1. The van der Waals surface area contributed by atoms with Crippen molar-refractivity contribution >= 4 is 22.4 Å². The second-order valence-electron chi connectivity index (χ2n) is 7.06. The molecule has 1 aromatic carbocycles. The molecule has 6 heteroatoms. The van der Waals surface area contributed by atoms with Gasteiger partial charge in [0, 0.05) is 10.9 Å². The molecule has 1 amide bonds. The summed E-state index contributed by atoms with van der Waals surface area (Å²) in [5, 5.41) is 0.763. The van der Waals surface area contributed by atoms with Crippen LogP contribution in [0.2, 0.25) is 0 Å². The maximum Gasteiger partial charge on any atom is 0.392 e. The fraction of sp³-hybridized carbons (Fsp3) is 0.400. The lowest BCUT2D eigenvalue weighted by atomic mass is 9.85. The molecule has 0 radical (unpaired) electrons. The zero-order valence-electron chi connectivity index (χ0n) is 14.7. The molecule has 2 aromatic rings. The summed E-state index contributed by atoms with van der Waals surface area (Å²) >= 11 is 0. The van der Waals surface area contributed by atoms with Gasteiger partial charge in [0.25, 0.3) is 5.91 Å². The summed E-state index contributed by atoms with van der Waals surface area (Å²) < 4.78 is 38.7. The predicted octanol–water partition coefficient (Wildman–Crippen LogP) is 5.20. The zero-order valence-corrected chi connectivity index (χ0v) is 14.7. The van der Waals surface area contributed by atoms with Crippen molar-refractivity contribution in [2.24, 2.45) is 11.7 Å². The van der Waals surface area contributed by atoms with Crippen molar-refractivity contribution in [1.82, 2.24) is 4.98 Å². The van der Waals surface area contributed by atoms with E-state index in [1.54, 1.807) is 12.1 Å². The van der Waals surface area contributed by atoms with E-state index in [0.29, 0.717) is 23.2 Å². The lowest BCUT2D eigenvalue weighted by molar-refractivity contribution is -0.175. The largest absolute Gasteiger partial charge is 0.392 e. The number of allylic oxidation sites excluding steroid dienone is 2. The standard InChI is InChI=1S/C20H21F3N2O/c1-11(2)17-16(19(24)26)10-13-4-3-5-15(18(13)25-17)12-6-8-14(9-7-12)20(21,22)23/h3-6,10-11,14H,7-9H2,1-2H3,(H2,24,26). The molecule has 1 unspecified atom stereocenters. The Morgan fingerprint density at radius 1 is 1.31 bits per heavy atom. The predicted molar refractivity (Wildman–Crippen MR) is 95.7 cm³/mol. The summed E-state index contributed by atoms with van der Waals surface area (Å²) in [5.74, 6) is -1.80. The van der Waals surface area contributed by atoms with E-state index in [-0.39, 0.29) is 18.8 Å². The minimum atomic E-state index is -4.15. The Balaban J connectivity index is 2.09. The maximum absolute atomic E-state index is 12.9. The van der Waals surface area contributed by atoms with E-state index >= 15 is 0 Å². The van der Waals surface area contributed by atoms with Crippen LogP contribution in [0.4, 0.5) is 13.2 Å². The summed E-state index contributed by atoms with van der Waals surface area (Å²) in [6, 6.07) is 7.27. The van der Waals surface area contributed by atoms with E-state index in [0.717, 1.165) is 16.5 Å². The SMILES string of the molecule is CC(C)c1nc2c(C3=CCC(C(F)(F)F)CC3)cccc2cc1C(N)=O. The highest BCUT2D eigenvalue weighted by atomic mass is 19.4. The highest BCUT2D eigenvalue weighted by Crippen LogP contribution is 2.40. The van der Waals surface area contributed by atoms with E-state index in [9.17, 15) is 18.0 Å². The van der Waals surface area contributed by atoms with E-state index in [1.165, 1.54) is 0 Å². The third-order valence-electron chi connectivity index (χ3n) is 4.91. The van der Waals surface area contributed by atoms with Gasteiger partial charge in [-0.3, -0.25) is 9.78 Å². The van der Waals surface area contributed by atoms with Crippen molar-refractivity contribution in [3.63, 3.8) is 0 Å². The van der Waals surface area contributed by atoms with Crippen LogP contribution in [-0.2, 0) is 0 Å². The number of pyridine rings is 1. The number of nitrogens with two attached hydrogens (primary N) is 1. The van der Waals surface area contributed by atoms with Gasteiger partial charge in [0.2, 0.25) is 0 Å². The number of fused-ring (bicyclic) bond motifs is 1. The fourth-order valence-electron chi connectivity index (χ4n) is 3.49. The number of amides is 1. The number of hydrogen-bond donors (Lipinski definition) is 1. The van der Waals surface area contributed by atoms with E-state index in [2.05, 4.69) is 4.98 Å².